The van der Waals surface area contributed by atoms with Gasteiger partial charge in [0.05, 0.1) is 12.2 Å². The van der Waals surface area contributed by atoms with Crippen molar-refractivity contribution in [3.05, 3.63) is 29.8 Å². The number of carbonyl (C=O) groups is 1. The monoisotopic (exact) mass is 334 g/mol. The Morgan fingerprint density at radius 2 is 1.83 bits per heavy atom. The lowest BCUT2D eigenvalue weighted by atomic mass is 9.75. The zero-order chi connectivity index (χ0) is 17.6. The second-order valence-corrected chi connectivity index (χ2v) is 7.36. The average Bonchev–Trinajstić information content (AvgIpc) is 2.59. The molecule has 1 aliphatic carbocycles. The fraction of sp³-hybridized carbons (Fsp3) is 0.650. The SMILES string of the molecule is CCCOc1ccc(C(=O)OOC2(C)CCC(C(C)C)CC2)cc1. The zero-order valence-corrected chi connectivity index (χ0v) is 15.3. The summed E-state index contributed by atoms with van der Waals surface area (Å²) in [6.07, 6.45) is 5.04. The molecule has 1 fully saturated rings. The fourth-order valence-corrected chi connectivity index (χ4v) is 3.09. The van der Waals surface area contributed by atoms with Gasteiger partial charge in [0.15, 0.2) is 0 Å². The molecular formula is C20H30O4. The Kier molecular flexibility index (Phi) is 6.67. The number of rotatable bonds is 7. The Labute approximate surface area is 145 Å². The predicted octanol–water partition coefficient (Wildman–Crippen LogP) is 5.17. The van der Waals surface area contributed by atoms with Gasteiger partial charge in [0.1, 0.15) is 11.4 Å². The van der Waals surface area contributed by atoms with E-state index in [9.17, 15) is 4.79 Å². The summed E-state index contributed by atoms with van der Waals surface area (Å²) in [5.41, 5.74) is 0.101. The lowest BCUT2D eigenvalue weighted by Gasteiger charge is -2.36. The highest BCUT2D eigenvalue weighted by Crippen LogP contribution is 2.38. The molecule has 4 heteroatoms. The minimum Gasteiger partial charge on any atom is -0.494 e. The molecule has 1 aromatic rings. The molecule has 0 N–H and O–H groups in total. The van der Waals surface area contributed by atoms with Gasteiger partial charge in [0, 0.05) is 0 Å². The van der Waals surface area contributed by atoms with Gasteiger partial charge in [-0.1, -0.05) is 20.8 Å². The van der Waals surface area contributed by atoms with Crippen molar-refractivity contribution in [1.82, 2.24) is 0 Å². The number of carbonyl (C=O) groups excluding carboxylic acids is 1. The molecule has 0 aliphatic heterocycles. The van der Waals surface area contributed by atoms with Crippen molar-refractivity contribution in [2.45, 2.75) is 65.4 Å². The van der Waals surface area contributed by atoms with E-state index in [1.54, 1.807) is 24.3 Å². The van der Waals surface area contributed by atoms with Crippen LogP contribution in [0.3, 0.4) is 0 Å². The first-order valence-corrected chi connectivity index (χ1v) is 9.06. The Balaban J connectivity index is 1.82. The van der Waals surface area contributed by atoms with Gasteiger partial charge >= 0.3 is 5.97 Å². The number of hydrogen-bond acceptors (Lipinski definition) is 4. The molecule has 0 spiro atoms. The lowest BCUT2D eigenvalue weighted by molar-refractivity contribution is -0.320. The summed E-state index contributed by atoms with van der Waals surface area (Å²) in [6, 6.07) is 6.97. The maximum absolute atomic E-state index is 12.1. The van der Waals surface area contributed by atoms with Crippen molar-refractivity contribution in [2.75, 3.05) is 6.61 Å². The average molecular weight is 334 g/mol. The predicted molar refractivity (Wildman–Crippen MR) is 93.9 cm³/mol. The lowest BCUT2D eigenvalue weighted by Crippen LogP contribution is -2.36. The highest BCUT2D eigenvalue weighted by Gasteiger charge is 2.35. The summed E-state index contributed by atoms with van der Waals surface area (Å²) in [7, 11) is 0. The van der Waals surface area contributed by atoms with Gasteiger partial charge in [-0.05, 0) is 75.1 Å². The third-order valence-electron chi connectivity index (χ3n) is 4.91. The molecule has 0 heterocycles. The Hall–Kier alpha value is -1.55. The van der Waals surface area contributed by atoms with Gasteiger partial charge in [-0.3, -0.25) is 4.89 Å². The summed E-state index contributed by atoms with van der Waals surface area (Å²) >= 11 is 0. The minimum absolute atomic E-state index is 0.370. The maximum Gasteiger partial charge on any atom is 0.373 e. The molecule has 134 valence electrons. The van der Waals surface area contributed by atoms with Crippen LogP contribution in [0.25, 0.3) is 0 Å². The second kappa shape index (κ2) is 8.52. The van der Waals surface area contributed by atoms with Crippen molar-refractivity contribution in [3.8, 4) is 5.75 Å². The molecule has 2 rings (SSSR count). The van der Waals surface area contributed by atoms with E-state index in [0.717, 1.165) is 43.8 Å². The summed E-state index contributed by atoms with van der Waals surface area (Å²) in [4.78, 5) is 22.8. The van der Waals surface area contributed by atoms with Crippen molar-refractivity contribution >= 4 is 5.97 Å². The largest absolute Gasteiger partial charge is 0.494 e. The van der Waals surface area contributed by atoms with Crippen LogP contribution in [0.1, 0.15) is 70.2 Å². The van der Waals surface area contributed by atoms with E-state index in [0.29, 0.717) is 18.1 Å². The van der Waals surface area contributed by atoms with E-state index in [2.05, 4.69) is 20.8 Å². The molecule has 4 nitrogen and oxygen atoms in total. The van der Waals surface area contributed by atoms with Crippen LogP contribution in [-0.4, -0.2) is 18.2 Å². The van der Waals surface area contributed by atoms with Gasteiger partial charge in [-0.25, -0.2) is 4.79 Å². The molecule has 0 aromatic heterocycles. The van der Waals surface area contributed by atoms with Crippen LogP contribution >= 0.6 is 0 Å². The standard InChI is InChI=1S/C20H30O4/c1-5-14-22-18-8-6-17(7-9-18)19(21)23-24-20(4)12-10-16(11-13-20)15(2)3/h6-9,15-16H,5,10-14H2,1-4H3. The highest BCUT2D eigenvalue weighted by atomic mass is 17.2. The van der Waals surface area contributed by atoms with E-state index in [1.807, 2.05) is 6.92 Å². The Morgan fingerprint density at radius 1 is 1.21 bits per heavy atom. The van der Waals surface area contributed by atoms with E-state index in [1.165, 1.54) is 0 Å². The molecule has 0 saturated heterocycles. The van der Waals surface area contributed by atoms with Crippen LogP contribution in [0.15, 0.2) is 24.3 Å². The number of benzene rings is 1. The van der Waals surface area contributed by atoms with Crippen LogP contribution in [-0.2, 0) is 9.78 Å². The highest BCUT2D eigenvalue weighted by molar-refractivity contribution is 5.89. The molecule has 0 radical (unpaired) electrons. The van der Waals surface area contributed by atoms with Gasteiger partial charge in [-0.2, -0.15) is 4.89 Å². The van der Waals surface area contributed by atoms with Crippen LogP contribution in [0.2, 0.25) is 0 Å². The van der Waals surface area contributed by atoms with Crippen LogP contribution in [0.5, 0.6) is 5.75 Å². The summed E-state index contributed by atoms with van der Waals surface area (Å²) in [5.74, 6) is 1.75. The van der Waals surface area contributed by atoms with E-state index in [4.69, 9.17) is 14.5 Å². The third-order valence-corrected chi connectivity index (χ3v) is 4.91. The molecule has 1 aliphatic rings. The summed E-state index contributed by atoms with van der Waals surface area (Å²) in [6.45, 7) is 9.28. The Morgan fingerprint density at radius 3 is 2.38 bits per heavy atom. The third kappa shape index (κ3) is 5.23. The van der Waals surface area contributed by atoms with Crippen LogP contribution in [0, 0.1) is 11.8 Å². The molecule has 1 aromatic carbocycles. The van der Waals surface area contributed by atoms with E-state index >= 15 is 0 Å². The first kappa shape index (κ1) is 18.8. The first-order valence-electron chi connectivity index (χ1n) is 9.06. The summed E-state index contributed by atoms with van der Waals surface area (Å²) < 4.78 is 5.51. The molecule has 1 saturated carbocycles. The van der Waals surface area contributed by atoms with E-state index < -0.39 is 5.97 Å². The van der Waals surface area contributed by atoms with Gasteiger partial charge < -0.3 is 4.74 Å². The van der Waals surface area contributed by atoms with Crippen molar-refractivity contribution < 1.29 is 19.3 Å². The maximum atomic E-state index is 12.1. The second-order valence-electron chi connectivity index (χ2n) is 7.36. The molecule has 24 heavy (non-hydrogen) atoms. The molecule has 0 bridgehead atoms. The normalized spacial score (nSPS) is 24.0. The van der Waals surface area contributed by atoms with Crippen LogP contribution < -0.4 is 4.74 Å². The molecular weight excluding hydrogens is 304 g/mol. The number of ether oxygens (including phenoxy) is 1. The topological polar surface area (TPSA) is 44.8 Å². The molecule has 0 unspecified atom stereocenters. The van der Waals surface area contributed by atoms with Crippen molar-refractivity contribution in [3.63, 3.8) is 0 Å². The van der Waals surface area contributed by atoms with Crippen molar-refractivity contribution in [2.24, 2.45) is 11.8 Å². The molecule has 0 amide bonds. The Bertz CT molecular complexity index is 513. The summed E-state index contributed by atoms with van der Waals surface area (Å²) in [5, 5.41) is 0. The quantitative estimate of drug-likeness (QED) is 0.510. The smallest absolute Gasteiger partial charge is 0.373 e. The van der Waals surface area contributed by atoms with Crippen molar-refractivity contribution in [1.29, 1.82) is 0 Å². The van der Waals surface area contributed by atoms with Gasteiger partial charge in [-0.15, -0.1) is 0 Å². The van der Waals surface area contributed by atoms with Gasteiger partial charge in [0.25, 0.3) is 0 Å². The number of hydrogen-bond donors (Lipinski definition) is 0. The zero-order valence-electron chi connectivity index (χ0n) is 15.3. The van der Waals surface area contributed by atoms with Crippen LogP contribution in [0.4, 0.5) is 0 Å². The van der Waals surface area contributed by atoms with Gasteiger partial charge in [0.2, 0.25) is 0 Å². The van der Waals surface area contributed by atoms with E-state index in [-0.39, 0.29) is 5.60 Å². The minimum atomic E-state index is -0.454. The fourth-order valence-electron chi connectivity index (χ4n) is 3.09. The molecule has 0 atom stereocenters. The first-order chi connectivity index (χ1) is 11.4.